The Kier molecular flexibility index (Phi) is 4.48. The van der Waals surface area contributed by atoms with Gasteiger partial charge in [0.05, 0.1) is 28.5 Å². The minimum absolute atomic E-state index is 0.194. The van der Waals surface area contributed by atoms with Crippen LogP contribution in [0.3, 0.4) is 0 Å². The fourth-order valence-corrected chi connectivity index (χ4v) is 2.58. The van der Waals surface area contributed by atoms with Crippen LogP contribution in [0.4, 0.5) is 15.8 Å². The van der Waals surface area contributed by atoms with Crippen LogP contribution in [-0.2, 0) is 6.54 Å². The first kappa shape index (κ1) is 17.3. The van der Waals surface area contributed by atoms with Crippen molar-refractivity contribution in [3.63, 3.8) is 0 Å². The molecule has 1 amide bonds. The fourth-order valence-electron chi connectivity index (χ4n) is 2.58. The molecule has 134 valence electrons. The summed E-state index contributed by atoms with van der Waals surface area (Å²) in [6, 6.07) is 6.34. The Morgan fingerprint density at radius 3 is 2.81 bits per heavy atom. The number of nitrogens with one attached hydrogen (secondary N) is 2. The topological polar surface area (TPSA) is 119 Å². The molecule has 2 N–H and O–H groups in total. The highest BCUT2D eigenvalue weighted by atomic mass is 19.1. The molecule has 0 saturated carbocycles. The Hall–Kier alpha value is -3.56. The number of nitrogens with zero attached hydrogens (tertiary/aromatic N) is 4. The molecule has 26 heavy (non-hydrogen) atoms. The number of H-pyrrole nitrogens is 1. The van der Waals surface area contributed by atoms with Crippen molar-refractivity contribution in [2.45, 2.75) is 20.4 Å². The van der Waals surface area contributed by atoms with E-state index in [0.29, 0.717) is 22.6 Å². The molecule has 10 heteroatoms. The van der Waals surface area contributed by atoms with Gasteiger partial charge in [-0.05, 0) is 19.9 Å². The van der Waals surface area contributed by atoms with Gasteiger partial charge >= 0.3 is 5.69 Å². The third-order valence-electron chi connectivity index (χ3n) is 3.94. The largest absolute Gasteiger partial charge is 0.319 e. The predicted octanol–water partition coefficient (Wildman–Crippen LogP) is 2.57. The Bertz CT molecular complexity index is 994. The lowest BCUT2D eigenvalue weighted by Crippen LogP contribution is -2.15. The average molecular weight is 358 g/mol. The summed E-state index contributed by atoms with van der Waals surface area (Å²) in [5.74, 6) is -1.05. The van der Waals surface area contributed by atoms with Crippen molar-refractivity contribution in [3.8, 4) is 0 Å². The maximum Gasteiger partial charge on any atom is 0.319 e. The number of benzene rings is 1. The maximum absolute atomic E-state index is 13.8. The minimum Gasteiger partial charge on any atom is -0.317 e. The molecule has 2 heterocycles. The molecule has 0 spiro atoms. The van der Waals surface area contributed by atoms with Gasteiger partial charge < -0.3 is 5.32 Å². The van der Waals surface area contributed by atoms with Crippen LogP contribution < -0.4 is 5.32 Å². The normalized spacial score (nSPS) is 10.7. The second-order valence-electron chi connectivity index (χ2n) is 5.64. The first-order valence-corrected chi connectivity index (χ1v) is 7.65. The standard InChI is InChI=1S/C16H15FN6O3/c1-9-14(19-16(24)15-13(23(25)26)7-18-20-15)10(2)22(21-9)8-11-5-3-4-6-12(11)17/h3-7H,8H2,1-2H3,(H,18,20)(H,19,24). The van der Waals surface area contributed by atoms with Gasteiger partial charge in [-0.15, -0.1) is 0 Å². The molecule has 0 atom stereocenters. The van der Waals surface area contributed by atoms with E-state index in [2.05, 4.69) is 20.6 Å². The number of aromatic amines is 1. The van der Waals surface area contributed by atoms with E-state index in [4.69, 9.17) is 0 Å². The molecular weight excluding hydrogens is 343 g/mol. The second kappa shape index (κ2) is 6.75. The van der Waals surface area contributed by atoms with E-state index in [0.717, 1.165) is 6.20 Å². The Balaban J connectivity index is 1.86. The molecule has 0 saturated heterocycles. The van der Waals surface area contributed by atoms with Crippen molar-refractivity contribution in [3.05, 3.63) is 69.0 Å². The number of hydrogen-bond acceptors (Lipinski definition) is 5. The molecule has 0 unspecified atom stereocenters. The van der Waals surface area contributed by atoms with E-state index in [1.807, 2.05) is 0 Å². The molecule has 3 rings (SSSR count). The lowest BCUT2D eigenvalue weighted by Gasteiger charge is -2.07. The van der Waals surface area contributed by atoms with Crippen molar-refractivity contribution in [1.82, 2.24) is 20.0 Å². The highest BCUT2D eigenvalue weighted by Gasteiger charge is 2.24. The van der Waals surface area contributed by atoms with Crippen LogP contribution >= 0.6 is 0 Å². The average Bonchev–Trinajstić information content (AvgIpc) is 3.18. The summed E-state index contributed by atoms with van der Waals surface area (Å²) in [6.45, 7) is 3.60. The Morgan fingerprint density at radius 2 is 2.12 bits per heavy atom. The molecular formula is C16H15FN6O3. The van der Waals surface area contributed by atoms with Crippen molar-refractivity contribution >= 4 is 17.3 Å². The van der Waals surface area contributed by atoms with Crippen LogP contribution in [0.15, 0.2) is 30.5 Å². The van der Waals surface area contributed by atoms with E-state index in [9.17, 15) is 19.3 Å². The van der Waals surface area contributed by atoms with Gasteiger partial charge in [0.15, 0.2) is 0 Å². The van der Waals surface area contributed by atoms with Gasteiger partial charge in [0.2, 0.25) is 5.69 Å². The zero-order valence-electron chi connectivity index (χ0n) is 14.0. The number of anilines is 1. The number of hydrogen-bond donors (Lipinski definition) is 2. The van der Waals surface area contributed by atoms with Crippen LogP contribution in [0.25, 0.3) is 0 Å². The Labute approximate surface area is 147 Å². The number of carbonyl (C=O) groups is 1. The fraction of sp³-hybridized carbons (Fsp3) is 0.188. The SMILES string of the molecule is Cc1nn(Cc2ccccc2F)c(C)c1NC(=O)c1[nH]ncc1[N+](=O)[O-]. The van der Waals surface area contributed by atoms with Crippen LogP contribution in [0.2, 0.25) is 0 Å². The number of carbonyl (C=O) groups excluding carboxylic acids is 1. The molecule has 1 aromatic carbocycles. The number of rotatable bonds is 5. The lowest BCUT2D eigenvalue weighted by molar-refractivity contribution is -0.385. The predicted molar refractivity (Wildman–Crippen MR) is 90.4 cm³/mol. The quantitative estimate of drug-likeness (QED) is 0.537. The molecule has 0 bridgehead atoms. The Morgan fingerprint density at radius 1 is 1.38 bits per heavy atom. The number of aryl methyl sites for hydroxylation is 1. The maximum atomic E-state index is 13.8. The highest BCUT2D eigenvalue weighted by Crippen LogP contribution is 2.23. The number of amides is 1. The molecule has 0 fully saturated rings. The third-order valence-corrected chi connectivity index (χ3v) is 3.94. The smallest absolute Gasteiger partial charge is 0.317 e. The van der Waals surface area contributed by atoms with Crippen molar-refractivity contribution in [2.24, 2.45) is 0 Å². The third kappa shape index (κ3) is 3.16. The van der Waals surface area contributed by atoms with Gasteiger partial charge in [0, 0.05) is 5.56 Å². The van der Waals surface area contributed by atoms with E-state index in [1.165, 1.54) is 6.07 Å². The van der Waals surface area contributed by atoms with E-state index >= 15 is 0 Å². The molecule has 0 aliphatic rings. The van der Waals surface area contributed by atoms with Crippen molar-refractivity contribution < 1.29 is 14.1 Å². The van der Waals surface area contributed by atoms with Crippen molar-refractivity contribution in [1.29, 1.82) is 0 Å². The molecule has 2 aromatic heterocycles. The molecule has 0 aliphatic heterocycles. The summed E-state index contributed by atoms with van der Waals surface area (Å²) in [7, 11) is 0. The van der Waals surface area contributed by atoms with Gasteiger partial charge in [0.25, 0.3) is 5.91 Å². The monoisotopic (exact) mass is 358 g/mol. The number of aromatic nitrogens is 4. The second-order valence-corrected chi connectivity index (χ2v) is 5.64. The van der Waals surface area contributed by atoms with E-state index < -0.39 is 16.5 Å². The van der Waals surface area contributed by atoms with Gasteiger partial charge in [-0.3, -0.25) is 24.7 Å². The zero-order chi connectivity index (χ0) is 18.8. The zero-order valence-corrected chi connectivity index (χ0v) is 14.0. The van der Waals surface area contributed by atoms with Gasteiger partial charge in [-0.1, -0.05) is 18.2 Å². The lowest BCUT2D eigenvalue weighted by atomic mass is 10.2. The van der Waals surface area contributed by atoms with Crippen molar-refractivity contribution in [2.75, 3.05) is 5.32 Å². The summed E-state index contributed by atoms with van der Waals surface area (Å²) in [5, 5.41) is 23.7. The molecule has 0 aliphatic carbocycles. The van der Waals surface area contributed by atoms with Crippen LogP contribution in [-0.4, -0.2) is 30.8 Å². The van der Waals surface area contributed by atoms with E-state index in [1.54, 1.807) is 36.7 Å². The first-order chi connectivity index (χ1) is 12.4. The van der Waals surface area contributed by atoms with Crippen LogP contribution in [0.1, 0.15) is 27.4 Å². The van der Waals surface area contributed by atoms with Gasteiger partial charge in [0.1, 0.15) is 12.0 Å². The molecule has 3 aromatic rings. The van der Waals surface area contributed by atoms with Crippen LogP contribution in [0, 0.1) is 29.8 Å². The summed E-state index contributed by atoms with van der Waals surface area (Å²) in [4.78, 5) is 22.6. The van der Waals surface area contributed by atoms with E-state index in [-0.39, 0.29) is 18.1 Å². The number of halogens is 1. The summed E-state index contributed by atoms with van der Waals surface area (Å²) in [6.07, 6.45) is 0.968. The minimum atomic E-state index is -0.703. The highest BCUT2D eigenvalue weighted by molar-refractivity contribution is 6.06. The first-order valence-electron chi connectivity index (χ1n) is 7.65. The van der Waals surface area contributed by atoms with Gasteiger partial charge in [-0.2, -0.15) is 10.2 Å². The number of nitro groups is 1. The molecule has 9 nitrogen and oxygen atoms in total. The summed E-state index contributed by atoms with van der Waals surface area (Å²) < 4.78 is 15.4. The van der Waals surface area contributed by atoms with Crippen LogP contribution in [0.5, 0.6) is 0 Å². The van der Waals surface area contributed by atoms with Gasteiger partial charge in [-0.25, -0.2) is 4.39 Å². The molecule has 0 radical (unpaired) electrons. The summed E-state index contributed by atoms with van der Waals surface area (Å²) >= 11 is 0. The summed E-state index contributed by atoms with van der Waals surface area (Å²) in [5.41, 5.74) is 1.30.